The van der Waals surface area contributed by atoms with Crippen LogP contribution in [-0.4, -0.2) is 50.3 Å². The Balaban J connectivity index is 2.50. The topological polar surface area (TPSA) is 52.4 Å². The summed E-state index contributed by atoms with van der Waals surface area (Å²) in [5.41, 5.74) is 4.17. The first-order chi connectivity index (χ1) is 12.1. The molecule has 25 heavy (non-hydrogen) atoms. The van der Waals surface area contributed by atoms with E-state index in [9.17, 15) is 0 Å². The second-order valence-corrected chi connectivity index (χ2v) is 6.06. The number of unbranched alkanes of at least 4 members (excludes halogenated alkanes) is 1. The summed E-state index contributed by atoms with van der Waals surface area (Å²) in [4.78, 5) is 15.4. The quantitative estimate of drug-likeness (QED) is 0.482. The third-order valence-corrected chi connectivity index (χ3v) is 3.82. The van der Waals surface area contributed by atoms with Crippen molar-refractivity contribution >= 4 is 18.3 Å². The van der Waals surface area contributed by atoms with Crippen molar-refractivity contribution < 1.29 is 0 Å². The van der Waals surface area contributed by atoms with Gasteiger partial charge in [0, 0.05) is 44.8 Å². The summed E-state index contributed by atoms with van der Waals surface area (Å²) >= 11 is 0. The van der Waals surface area contributed by atoms with Gasteiger partial charge in [0.05, 0.1) is 17.7 Å². The van der Waals surface area contributed by atoms with Crippen molar-refractivity contribution in [2.45, 2.75) is 46.5 Å². The zero-order valence-corrected chi connectivity index (χ0v) is 16.4. The Morgan fingerprint density at radius 3 is 2.84 bits per heavy atom. The number of hydrogen-bond acceptors (Lipinski definition) is 4. The minimum absolute atomic E-state index is 0.845. The molecule has 0 unspecified atom stereocenters. The van der Waals surface area contributed by atoms with Crippen LogP contribution in [0.15, 0.2) is 50.3 Å². The van der Waals surface area contributed by atoms with Crippen LogP contribution in [0.3, 0.4) is 0 Å². The molecular formula is C20H33N5. The SMILES string of the molecule is CCC/C=C(\C=NC)NCCN(C)C=NC1=CCC=C(CC)N=C1C. The van der Waals surface area contributed by atoms with Crippen molar-refractivity contribution in [3.63, 3.8) is 0 Å². The fraction of sp³-hybridized carbons (Fsp3) is 0.550. The van der Waals surface area contributed by atoms with Gasteiger partial charge in [0.2, 0.25) is 0 Å². The maximum Gasteiger partial charge on any atom is 0.0910 e. The smallest absolute Gasteiger partial charge is 0.0910 e. The van der Waals surface area contributed by atoms with E-state index in [1.54, 1.807) is 7.05 Å². The van der Waals surface area contributed by atoms with Gasteiger partial charge in [-0.25, -0.2) is 4.99 Å². The third-order valence-electron chi connectivity index (χ3n) is 3.82. The van der Waals surface area contributed by atoms with Crippen molar-refractivity contribution in [3.8, 4) is 0 Å². The minimum Gasteiger partial charge on any atom is -0.382 e. The van der Waals surface area contributed by atoms with Crippen LogP contribution < -0.4 is 5.32 Å². The van der Waals surface area contributed by atoms with Gasteiger partial charge in [-0.15, -0.1) is 0 Å². The van der Waals surface area contributed by atoms with Gasteiger partial charge in [-0.05, 0) is 26.2 Å². The fourth-order valence-electron chi connectivity index (χ4n) is 2.35. The molecule has 0 saturated carbocycles. The highest BCUT2D eigenvalue weighted by molar-refractivity contribution is 5.99. The van der Waals surface area contributed by atoms with Gasteiger partial charge in [-0.1, -0.05) is 38.5 Å². The summed E-state index contributed by atoms with van der Waals surface area (Å²) in [5.74, 6) is 0. The van der Waals surface area contributed by atoms with Crippen LogP contribution in [-0.2, 0) is 0 Å². The molecule has 0 aliphatic carbocycles. The molecule has 0 radical (unpaired) electrons. The average molecular weight is 344 g/mol. The molecule has 5 heteroatoms. The van der Waals surface area contributed by atoms with Crippen LogP contribution in [0.4, 0.5) is 0 Å². The van der Waals surface area contributed by atoms with Crippen LogP contribution in [0.5, 0.6) is 0 Å². The molecule has 0 bridgehead atoms. The third kappa shape index (κ3) is 8.47. The van der Waals surface area contributed by atoms with Crippen LogP contribution >= 0.6 is 0 Å². The molecule has 1 N–H and O–H groups in total. The molecule has 138 valence electrons. The lowest BCUT2D eigenvalue weighted by Crippen LogP contribution is -2.28. The largest absolute Gasteiger partial charge is 0.382 e. The lowest BCUT2D eigenvalue weighted by atomic mass is 10.2. The Morgan fingerprint density at radius 1 is 1.36 bits per heavy atom. The molecule has 0 amide bonds. The van der Waals surface area contributed by atoms with E-state index in [0.29, 0.717) is 0 Å². The number of rotatable bonds is 10. The van der Waals surface area contributed by atoms with Gasteiger partial charge >= 0.3 is 0 Å². The highest BCUT2D eigenvalue weighted by Gasteiger charge is 2.04. The number of allylic oxidation sites excluding steroid dienone is 6. The molecule has 0 spiro atoms. The minimum atomic E-state index is 0.845. The summed E-state index contributed by atoms with van der Waals surface area (Å²) in [7, 11) is 3.83. The Labute approximate surface area is 153 Å². The number of nitrogens with zero attached hydrogens (tertiary/aromatic N) is 4. The Morgan fingerprint density at radius 2 is 2.16 bits per heavy atom. The Bertz CT molecular complexity index is 579. The van der Waals surface area contributed by atoms with Crippen molar-refractivity contribution in [1.82, 2.24) is 10.2 Å². The maximum atomic E-state index is 4.63. The standard InChI is InChI=1S/C20H33N5/c1-6-8-10-19(15-21-4)22-13-14-25(5)16-23-20-12-9-11-18(7-2)24-17(20)3/h10-12,15-16,22H,6-9,13-14H2,1-5H3/b19-10+,21-15?,23-16?. The van der Waals surface area contributed by atoms with Crippen LogP contribution in [0.25, 0.3) is 0 Å². The molecule has 5 nitrogen and oxygen atoms in total. The molecule has 1 aliphatic rings. The summed E-state index contributed by atoms with van der Waals surface area (Å²) in [6.07, 6.45) is 14.3. The Hall–Kier alpha value is -2.17. The van der Waals surface area contributed by atoms with E-state index in [-0.39, 0.29) is 0 Å². The zero-order valence-electron chi connectivity index (χ0n) is 16.4. The van der Waals surface area contributed by atoms with Crippen molar-refractivity contribution in [1.29, 1.82) is 0 Å². The van der Waals surface area contributed by atoms with Gasteiger partial charge in [0.25, 0.3) is 0 Å². The van der Waals surface area contributed by atoms with Gasteiger partial charge < -0.3 is 10.2 Å². The van der Waals surface area contributed by atoms with Crippen molar-refractivity contribution in [3.05, 3.63) is 35.3 Å². The molecule has 0 aromatic heterocycles. The predicted molar refractivity (Wildman–Crippen MR) is 111 cm³/mol. The normalized spacial score (nSPS) is 15.9. The van der Waals surface area contributed by atoms with Crippen LogP contribution in [0.1, 0.15) is 46.5 Å². The van der Waals surface area contributed by atoms with Gasteiger partial charge in [-0.3, -0.25) is 9.98 Å². The monoisotopic (exact) mass is 343 g/mol. The predicted octanol–water partition coefficient (Wildman–Crippen LogP) is 3.96. The van der Waals surface area contributed by atoms with Crippen LogP contribution in [0.2, 0.25) is 0 Å². The lowest BCUT2D eigenvalue weighted by Gasteiger charge is -2.15. The van der Waals surface area contributed by atoms with Gasteiger partial charge in [-0.2, -0.15) is 0 Å². The van der Waals surface area contributed by atoms with Gasteiger partial charge in [0.1, 0.15) is 0 Å². The van der Waals surface area contributed by atoms with Crippen molar-refractivity contribution in [2.75, 3.05) is 27.2 Å². The second kappa shape index (κ2) is 12.2. The van der Waals surface area contributed by atoms with E-state index in [1.807, 2.05) is 26.5 Å². The highest BCUT2D eigenvalue weighted by Crippen LogP contribution is 2.14. The molecule has 1 aliphatic heterocycles. The lowest BCUT2D eigenvalue weighted by molar-refractivity contribution is 0.511. The van der Waals surface area contributed by atoms with E-state index < -0.39 is 0 Å². The van der Waals surface area contributed by atoms with E-state index in [4.69, 9.17) is 0 Å². The van der Waals surface area contributed by atoms with E-state index >= 15 is 0 Å². The van der Waals surface area contributed by atoms with E-state index in [0.717, 1.165) is 61.6 Å². The van der Waals surface area contributed by atoms with Crippen molar-refractivity contribution in [2.24, 2.45) is 15.0 Å². The van der Waals surface area contributed by atoms with E-state index in [1.165, 1.54) is 0 Å². The summed E-state index contributed by atoms with van der Waals surface area (Å²) < 4.78 is 0. The molecule has 0 fully saturated rings. The fourth-order valence-corrected chi connectivity index (χ4v) is 2.35. The summed E-state index contributed by atoms with van der Waals surface area (Å²) in [6.45, 7) is 8.04. The van der Waals surface area contributed by atoms with Gasteiger partial charge in [0.15, 0.2) is 0 Å². The number of likely N-dealkylation sites (N-methyl/N-ethyl adjacent to an activating group) is 1. The summed E-state index contributed by atoms with van der Waals surface area (Å²) in [6, 6.07) is 0. The number of nitrogens with one attached hydrogen (secondary N) is 1. The number of aliphatic imine (C=N–C) groups is 3. The molecule has 0 aromatic carbocycles. The van der Waals surface area contributed by atoms with Crippen LogP contribution in [0, 0.1) is 0 Å². The molecular weight excluding hydrogens is 310 g/mol. The Kier molecular flexibility index (Phi) is 10.2. The molecule has 0 aromatic rings. The first-order valence-corrected chi connectivity index (χ1v) is 9.16. The maximum absolute atomic E-state index is 4.63. The highest BCUT2D eigenvalue weighted by atomic mass is 15.1. The summed E-state index contributed by atoms with van der Waals surface area (Å²) in [5, 5.41) is 3.42. The first-order valence-electron chi connectivity index (χ1n) is 9.16. The first kappa shape index (κ1) is 20.9. The molecule has 1 rings (SSSR count). The average Bonchev–Trinajstić information content (AvgIpc) is 2.78. The zero-order chi connectivity index (χ0) is 18.5. The number of hydrogen-bond donors (Lipinski definition) is 1. The molecule has 0 saturated heterocycles. The van der Waals surface area contributed by atoms with E-state index in [2.05, 4.69) is 57.3 Å². The molecule has 1 heterocycles. The second-order valence-electron chi connectivity index (χ2n) is 6.06. The molecule has 0 atom stereocenters.